The molecule has 202 valence electrons. The van der Waals surface area contributed by atoms with Crippen molar-refractivity contribution in [1.29, 1.82) is 0 Å². The second-order valence-corrected chi connectivity index (χ2v) is 8.78. The van der Waals surface area contributed by atoms with Crippen LogP contribution in [-0.4, -0.2) is 95.4 Å². The maximum atomic E-state index is 10.3. The van der Waals surface area contributed by atoms with Crippen LogP contribution in [0.2, 0.25) is 0 Å². The molecular formula is C26H32O11. The molecule has 6 N–H and O–H groups in total. The Hall–Kier alpha value is -2.90. The zero-order chi connectivity index (χ0) is 26.7. The minimum Gasteiger partial charge on any atom is -0.493 e. The molecule has 0 aliphatic carbocycles. The number of methoxy groups -OCH3 is 2. The molecule has 2 aromatic rings. The number of hydrogen-bond acceptors (Lipinski definition) is 11. The molecule has 7 atom stereocenters. The van der Waals surface area contributed by atoms with Gasteiger partial charge in [-0.05, 0) is 35.4 Å². The average Bonchev–Trinajstić information content (AvgIpc) is 3.30. The van der Waals surface area contributed by atoms with Gasteiger partial charge in [0.1, 0.15) is 30.5 Å². The number of ether oxygens (including phenoxy) is 5. The smallest absolute Gasteiger partial charge is 0.229 e. The Kier molecular flexibility index (Phi) is 8.55. The lowest BCUT2D eigenvalue weighted by atomic mass is 9.90. The van der Waals surface area contributed by atoms with Gasteiger partial charge in [0.2, 0.25) is 6.29 Å². The van der Waals surface area contributed by atoms with Gasteiger partial charge >= 0.3 is 0 Å². The van der Waals surface area contributed by atoms with E-state index in [2.05, 4.69) is 0 Å². The zero-order valence-corrected chi connectivity index (χ0v) is 20.4. The Balaban J connectivity index is 1.61. The summed E-state index contributed by atoms with van der Waals surface area (Å²) in [6, 6.07) is 8.60. The summed E-state index contributed by atoms with van der Waals surface area (Å²) in [6.07, 6.45) is -4.38. The summed E-state index contributed by atoms with van der Waals surface area (Å²) < 4.78 is 28.4. The van der Waals surface area contributed by atoms with E-state index in [1.807, 2.05) is 6.07 Å². The van der Waals surface area contributed by atoms with Gasteiger partial charge in [-0.2, -0.15) is 0 Å². The maximum absolute atomic E-state index is 10.3. The third-order valence-corrected chi connectivity index (χ3v) is 6.56. The summed E-state index contributed by atoms with van der Waals surface area (Å²) in [5, 5.41) is 59.1. The lowest BCUT2D eigenvalue weighted by molar-refractivity contribution is -0.277. The van der Waals surface area contributed by atoms with Crippen LogP contribution < -0.4 is 18.9 Å². The predicted molar refractivity (Wildman–Crippen MR) is 130 cm³/mol. The first kappa shape index (κ1) is 27.1. The van der Waals surface area contributed by atoms with Crippen molar-refractivity contribution in [2.75, 3.05) is 34.0 Å². The highest BCUT2D eigenvalue weighted by Gasteiger charge is 2.45. The molecule has 11 heteroatoms. The highest BCUT2D eigenvalue weighted by Crippen LogP contribution is 2.51. The molecule has 0 unspecified atom stereocenters. The highest BCUT2D eigenvalue weighted by molar-refractivity contribution is 5.62. The molecule has 4 rings (SSSR count). The lowest BCUT2D eigenvalue weighted by Gasteiger charge is -2.39. The van der Waals surface area contributed by atoms with Crippen molar-refractivity contribution in [3.05, 3.63) is 53.1 Å². The van der Waals surface area contributed by atoms with Crippen LogP contribution in [0.3, 0.4) is 0 Å². The van der Waals surface area contributed by atoms with Gasteiger partial charge in [0, 0.05) is 5.56 Å². The Morgan fingerprint density at radius 1 is 0.865 bits per heavy atom. The van der Waals surface area contributed by atoms with Gasteiger partial charge in [0.05, 0.1) is 40.0 Å². The fraction of sp³-hybridized carbons (Fsp3) is 0.462. The average molecular weight is 521 g/mol. The first-order valence-electron chi connectivity index (χ1n) is 11.8. The molecule has 1 saturated heterocycles. The SMILES string of the molecule is COc1cc([C@@H]2Oc3c(OC)cc(C=CCO)cc3[C@H]2CO)ccc1O[C@H]1O[C@@H](CO)[C@@H](O)[C@@H](O)[C@@H]1O. The molecule has 0 amide bonds. The molecule has 11 nitrogen and oxygen atoms in total. The molecule has 2 aromatic carbocycles. The lowest BCUT2D eigenvalue weighted by Crippen LogP contribution is -2.60. The first-order chi connectivity index (χ1) is 17.9. The van der Waals surface area contributed by atoms with Crippen LogP contribution in [0.15, 0.2) is 36.4 Å². The van der Waals surface area contributed by atoms with Gasteiger partial charge in [-0.3, -0.25) is 0 Å². The van der Waals surface area contributed by atoms with Crippen molar-refractivity contribution < 1.29 is 54.3 Å². The zero-order valence-electron chi connectivity index (χ0n) is 20.4. The summed E-state index contributed by atoms with van der Waals surface area (Å²) in [6.45, 7) is -0.900. The molecule has 0 radical (unpaired) electrons. The number of benzene rings is 2. The molecular weight excluding hydrogens is 488 g/mol. The second-order valence-electron chi connectivity index (χ2n) is 8.78. The van der Waals surface area contributed by atoms with Gasteiger partial charge in [-0.15, -0.1) is 0 Å². The Morgan fingerprint density at radius 2 is 1.62 bits per heavy atom. The van der Waals surface area contributed by atoms with Gasteiger partial charge in [-0.25, -0.2) is 0 Å². The standard InChI is InChI=1S/C26H32O11/c1-33-18-10-14(5-6-17(18)35-26-23(32)22(31)21(30)20(12-29)36-26)24-16(11-28)15-8-13(4-3-7-27)9-19(34-2)25(15)37-24/h3-6,8-10,16,20-24,26-32H,7,11-12H2,1-2H3/t16-,20+,21-,22-,23+,24+,26+/m1/s1. The molecule has 37 heavy (non-hydrogen) atoms. The topological polar surface area (TPSA) is 168 Å². The fourth-order valence-corrected chi connectivity index (χ4v) is 4.60. The van der Waals surface area contributed by atoms with E-state index in [9.17, 15) is 25.5 Å². The summed E-state index contributed by atoms with van der Waals surface area (Å²) in [5.41, 5.74) is 2.21. The monoisotopic (exact) mass is 520 g/mol. The van der Waals surface area contributed by atoms with Crippen molar-refractivity contribution in [1.82, 2.24) is 0 Å². The molecule has 1 fully saturated rings. The van der Waals surface area contributed by atoms with Gasteiger partial charge in [0.15, 0.2) is 23.0 Å². The van der Waals surface area contributed by atoms with Crippen LogP contribution >= 0.6 is 0 Å². The van der Waals surface area contributed by atoms with Crippen molar-refractivity contribution in [3.8, 4) is 23.0 Å². The quantitative estimate of drug-likeness (QED) is 0.265. The minimum atomic E-state index is -1.58. The molecule has 2 heterocycles. The van der Waals surface area contributed by atoms with E-state index in [4.69, 9.17) is 28.8 Å². The number of aliphatic hydroxyl groups is 6. The van der Waals surface area contributed by atoms with Crippen molar-refractivity contribution >= 4 is 6.08 Å². The van der Waals surface area contributed by atoms with Crippen LogP contribution in [0.4, 0.5) is 0 Å². The van der Waals surface area contributed by atoms with Crippen LogP contribution in [0.25, 0.3) is 6.08 Å². The van der Waals surface area contributed by atoms with Crippen LogP contribution in [0.1, 0.15) is 28.7 Å². The van der Waals surface area contributed by atoms with Gasteiger partial charge in [-0.1, -0.05) is 18.2 Å². The van der Waals surface area contributed by atoms with Crippen molar-refractivity contribution in [2.24, 2.45) is 0 Å². The molecule has 0 bridgehead atoms. The Morgan fingerprint density at radius 3 is 2.27 bits per heavy atom. The van der Waals surface area contributed by atoms with Crippen LogP contribution in [0, 0.1) is 0 Å². The number of fused-ring (bicyclic) bond motifs is 1. The van der Waals surface area contributed by atoms with Gasteiger partial charge < -0.3 is 54.3 Å². The van der Waals surface area contributed by atoms with Gasteiger partial charge in [0.25, 0.3) is 0 Å². The second kappa shape index (κ2) is 11.7. The first-order valence-corrected chi connectivity index (χ1v) is 11.8. The normalized spacial score (nSPS) is 29.1. The van der Waals surface area contributed by atoms with E-state index in [1.165, 1.54) is 14.2 Å². The Labute approximate surface area is 213 Å². The third-order valence-electron chi connectivity index (χ3n) is 6.56. The number of hydrogen-bond donors (Lipinski definition) is 6. The Bertz CT molecular complexity index is 1100. The number of rotatable bonds is 9. The molecule has 0 aromatic heterocycles. The van der Waals surface area contributed by atoms with E-state index in [1.54, 1.807) is 36.4 Å². The third kappa shape index (κ3) is 5.25. The van der Waals surface area contributed by atoms with E-state index in [-0.39, 0.29) is 24.7 Å². The number of aliphatic hydroxyl groups excluding tert-OH is 6. The van der Waals surface area contributed by atoms with E-state index < -0.39 is 49.3 Å². The molecule has 0 spiro atoms. The summed E-state index contributed by atoms with van der Waals surface area (Å²) in [5.74, 6) is 1.03. The van der Waals surface area contributed by atoms with Crippen molar-refractivity contribution in [3.63, 3.8) is 0 Å². The summed E-state index contributed by atoms with van der Waals surface area (Å²) in [4.78, 5) is 0. The summed E-state index contributed by atoms with van der Waals surface area (Å²) in [7, 11) is 2.95. The predicted octanol–water partition coefficient (Wildman–Crippen LogP) is 0.0976. The highest BCUT2D eigenvalue weighted by atomic mass is 16.7. The minimum absolute atomic E-state index is 0.112. The molecule has 2 aliphatic rings. The van der Waals surface area contributed by atoms with E-state index in [0.29, 0.717) is 17.1 Å². The van der Waals surface area contributed by atoms with Crippen LogP contribution in [0.5, 0.6) is 23.0 Å². The fourth-order valence-electron chi connectivity index (χ4n) is 4.60. The van der Waals surface area contributed by atoms with Crippen LogP contribution in [-0.2, 0) is 4.74 Å². The largest absolute Gasteiger partial charge is 0.493 e. The molecule has 2 aliphatic heterocycles. The van der Waals surface area contributed by atoms with E-state index in [0.717, 1.165) is 11.1 Å². The molecule has 0 saturated carbocycles. The summed E-state index contributed by atoms with van der Waals surface area (Å²) >= 11 is 0. The van der Waals surface area contributed by atoms with E-state index >= 15 is 0 Å². The maximum Gasteiger partial charge on any atom is 0.229 e. The van der Waals surface area contributed by atoms with Crippen molar-refractivity contribution in [2.45, 2.75) is 42.7 Å².